The smallest absolute Gasteiger partial charge is 0.305 e. The van der Waals surface area contributed by atoms with Gasteiger partial charge < -0.3 is 5.32 Å². The van der Waals surface area contributed by atoms with Gasteiger partial charge in [0.05, 0.1) is 4.92 Å². The lowest BCUT2D eigenvalue weighted by molar-refractivity contribution is -0.387. The zero-order valence-corrected chi connectivity index (χ0v) is 8.37. The first-order valence-electron chi connectivity index (χ1n) is 4.91. The number of rotatable bonds is 3. The van der Waals surface area contributed by atoms with Crippen molar-refractivity contribution in [3.63, 3.8) is 0 Å². The molecule has 0 unspecified atom stereocenters. The van der Waals surface area contributed by atoms with Crippen molar-refractivity contribution in [2.24, 2.45) is 5.92 Å². The minimum Gasteiger partial charge on any atom is -0.316 e. The monoisotopic (exact) mass is 228 g/mol. The van der Waals surface area contributed by atoms with E-state index < -0.39 is 22.2 Å². The molecule has 1 saturated heterocycles. The molecule has 0 spiro atoms. The van der Waals surface area contributed by atoms with Crippen LogP contribution in [0, 0.1) is 27.7 Å². The van der Waals surface area contributed by atoms with E-state index in [0.717, 1.165) is 12.1 Å². The van der Waals surface area contributed by atoms with Crippen LogP contribution in [0.15, 0.2) is 12.1 Å². The van der Waals surface area contributed by atoms with Gasteiger partial charge in [0.2, 0.25) is 5.82 Å². The highest BCUT2D eigenvalue weighted by Crippen LogP contribution is 2.25. The molecule has 0 aliphatic carbocycles. The van der Waals surface area contributed by atoms with E-state index in [4.69, 9.17) is 0 Å². The van der Waals surface area contributed by atoms with E-state index in [1.807, 2.05) is 0 Å². The molecule has 1 fully saturated rings. The number of hydrogen-bond acceptors (Lipinski definition) is 3. The summed E-state index contributed by atoms with van der Waals surface area (Å²) in [5.41, 5.74) is -0.843. The molecule has 1 aromatic carbocycles. The molecule has 0 amide bonds. The third kappa shape index (κ3) is 1.88. The van der Waals surface area contributed by atoms with Crippen LogP contribution in [0.1, 0.15) is 5.56 Å². The molecule has 0 bridgehead atoms. The highest BCUT2D eigenvalue weighted by Gasteiger charge is 2.25. The lowest BCUT2D eigenvalue weighted by Gasteiger charge is -2.27. The van der Waals surface area contributed by atoms with Gasteiger partial charge in [-0.2, -0.15) is 4.39 Å². The number of benzene rings is 1. The SMILES string of the molecule is O=[N+]([O-])c1ccc(F)c(CC2CNC2)c1F. The standard InChI is InChI=1S/C10H10F2N2O2/c11-8-1-2-9(14(15)16)10(12)7(8)3-6-4-13-5-6/h1-2,6,13H,3-5H2. The van der Waals surface area contributed by atoms with Gasteiger partial charge in [0, 0.05) is 11.6 Å². The summed E-state index contributed by atoms with van der Waals surface area (Å²) in [6.45, 7) is 1.39. The Bertz CT molecular complexity index is 433. The van der Waals surface area contributed by atoms with Gasteiger partial charge in [-0.05, 0) is 31.5 Å². The topological polar surface area (TPSA) is 55.2 Å². The van der Waals surface area contributed by atoms with Crippen molar-refractivity contribution in [1.82, 2.24) is 5.32 Å². The molecule has 1 aliphatic rings. The molecular weight excluding hydrogens is 218 g/mol. The Morgan fingerprint density at radius 2 is 2.12 bits per heavy atom. The minimum absolute atomic E-state index is 0.158. The maximum absolute atomic E-state index is 13.6. The summed E-state index contributed by atoms with van der Waals surface area (Å²) in [5.74, 6) is -1.60. The molecular formula is C10H10F2N2O2. The summed E-state index contributed by atoms with van der Waals surface area (Å²) in [6.07, 6.45) is 0.201. The molecule has 0 aromatic heterocycles. The fourth-order valence-electron chi connectivity index (χ4n) is 1.69. The zero-order valence-electron chi connectivity index (χ0n) is 8.37. The molecule has 0 radical (unpaired) electrons. The normalized spacial score (nSPS) is 15.9. The molecule has 1 N–H and O–H groups in total. The van der Waals surface area contributed by atoms with E-state index in [1.165, 1.54) is 0 Å². The van der Waals surface area contributed by atoms with Crippen LogP contribution in [0.3, 0.4) is 0 Å². The van der Waals surface area contributed by atoms with E-state index in [0.29, 0.717) is 13.1 Å². The second-order valence-electron chi connectivity index (χ2n) is 3.84. The molecule has 16 heavy (non-hydrogen) atoms. The largest absolute Gasteiger partial charge is 0.316 e. The number of nitrogens with one attached hydrogen (secondary N) is 1. The van der Waals surface area contributed by atoms with Crippen molar-refractivity contribution in [3.8, 4) is 0 Å². The summed E-state index contributed by atoms with van der Waals surface area (Å²) < 4.78 is 26.9. The van der Waals surface area contributed by atoms with Crippen molar-refractivity contribution >= 4 is 5.69 Å². The minimum atomic E-state index is -1.04. The Balaban J connectivity index is 2.33. The first-order chi connectivity index (χ1) is 7.59. The van der Waals surface area contributed by atoms with E-state index >= 15 is 0 Å². The van der Waals surface area contributed by atoms with Crippen LogP contribution in [0.4, 0.5) is 14.5 Å². The summed E-state index contributed by atoms with van der Waals surface area (Å²) >= 11 is 0. The van der Waals surface area contributed by atoms with E-state index in [1.54, 1.807) is 0 Å². The number of nitro groups is 1. The quantitative estimate of drug-likeness (QED) is 0.632. The summed E-state index contributed by atoms with van der Waals surface area (Å²) in [6, 6.07) is 1.80. The van der Waals surface area contributed by atoms with E-state index in [2.05, 4.69) is 5.32 Å². The number of nitrogens with zero attached hydrogens (tertiary/aromatic N) is 1. The molecule has 0 atom stereocenters. The number of halogens is 2. The van der Waals surface area contributed by atoms with Gasteiger partial charge >= 0.3 is 5.69 Å². The first-order valence-corrected chi connectivity index (χ1v) is 4.91. The Hall–Kier alpha value is -1.56. The molecule has 2 rings (SSSR count). The lowest BCUT2D eigenvalue weighted by Crippen LogP contribution is -2.43. The van der Waals surface area contributed by atoms with Gasteiger partial charge in [0.1, 0.15) is 5.82 Å². The third-order valence-electron chi connectivity index (χ3n) is 2.72. The molecule has 0 saturated carbocycles. The van der Waals surface area contributed by atoms with Crippen LogP contribution < -0.4 is 5.32 Å². The number of hydrogen-bond donors (Lipinski definition) is 1. The van der Waals surface area contributed by atoms with E-state index in [-0.39, 0.29) is 17.9 Å². The van der Waals surface area contributed by atoms with Crippen molar-refractivity contribution in [2.75, 3.05) is 13.1 Å². The summed E-state index contributed by atoms with van der Waals surface area (Å²) in [7, 11) is 0. The van der Waals surface area contributed by atoms with Gasteiger partial charge in [-0.15, -0.1) is 0 Å². The highest BCUT2D eigenvalue weighted by molar-refractivity contribution is 5.38. The molecule has 4 nitrogen and oxygen atoms in total. The van der Waals surface area contributed by atoms with Crippen molar-refractivity contribution in [2.45, 2.75) is 6.42 Å². The Labute approximate surface area is 90.4 Å². The third-order valence-corrected chi connectivity index (χ3v) is 2.72. The molecule has 6 heteroatoms. The van der Waals surface area contributed by atoms with Crippen LogP contribution in [0.25, 0.3) is 0 Å². The first kappa shape index (κ1) is 10.9. The maximum atomic E-state index is 13.6. The molecule has 1 aromatic rings. The van der Waals surface area contributed by atoms with Gasteiger partial charge in [0.15, 0.2) is 0 Å². The summed E-state index contributed by atoms with van der Waals surface area (Å²) in [4.78, 5) is 9.65. The van der Waals surface area contributed by atoms with Crippen LogP contribution >= 0.6 is 0 Å². The fourth-order valence-corrected chi connectivity index (χ4v) is 1.69. The fraction of sp³-hybridized carbons (Fsp3) is 0.400. The van der Waals surface area contributed by atoms with Crippen LogP contribution in [-0.4, -0.2) is 18.0 Å². The predicted octanol–water partition coefficient (Wildman–Crippen LogP) is 1.63. The predicted molar refractivity (Wildman–Crippen MR) is 53.1 cm³/mol. The van der Waals surface area contributed by atoms with Crippen LogP contribution in [0.2, 0.25) is 0 Å². The second kappa shape index (κ2) is 4.13. The zero-order chi connectivity index (χ0) is 11.7. The van der Waals surface area contributed by atoms with Gasteiger partial charge in [0.25, 0.3) is 0 Å². The van der Waals surface area contributed by atoms with E-state index in [9.17, 15) is 18.9 Å². The van der Waals surface area contributed by atoms with Crippen LogP contribution in [0.5, 0.6) is 0 Å². The molecule has 1 aliphatic heterocycles. The van der Waals surface area contributed by atoms with Crippen molar-refractivity contribution in [3.05, 3.63) is 39.4 Å². The Morgan fingerprint density at radius 1 is 1.44 bits per heavy atom. The molecule has 1 heterocycles. The molecule has 86 valence electrons. The second-order valence-corrected chi connectivity index (χ2v) is 3.84. The highest BCUT2D eigenvalue weighted by atomic mass is 19.1. The number of nitro benzene ring substituents is 1. The Morgan fingerprint density at radius 3 is 2.62 bits per heavy atom. The maximum Gasteiger partial charge on any atom is 0.305 e. The van der Waals surface area contributed by atoms with Gasteiger partial charge in [-0.25, -0.2) is 4.39 Å². The summed E-state index contributed by atoms with van der Waals surface area (Å²) in [5, 5.41) is 13.5. The van der Waals surface area contributed by atoms with Gasteiger partial charge in [-0.3, -0.25) is 10.1 Å². The van der Waals surface area contributed by atoms with Crippen molar-refractivity contribution in [1.29, 1.82) is 0 Å². The average Bonchev–Trinajstić information content (AvgIpc) is 2.14. The van der Waals surface area contributed by atoms with Gasteiger partial charge in [-0.1, -0.05) is 0 Å². The average molecular weight is 228 g/mol. The van der Waals surface area contributed by atoms with Crippen molar-refractivity contribution < 1.29 is 13.7 Å². The van der Waals surface area contributed by atoms with Crippen LogP contribution in [-0.2, 0) is 6.42 Å². The lowest BCUT2D eigenvalue weighted by atomic mass is 9.93. The Kier molecular flexibility index (Phi) is 2.82.